The fourth-order valence-electron chi connectivity index (χ4n) is 2.29. The molecule has 0 bridgehead atoms. The summed E-state index contributed by atoms with van der Waals surface area (Å²) in [6.07, 6.45) is 2.52. The molecule has 1 heterocycles. The quantitative estimate of drug-likeness (QED) is 0.653. The summed E-state index contributed by atoms with van der Waals surface area (Å²) in [5, 5.41) is 14.2. The van der Waals surface area contributed by atoms with Crippen LogP contribution in [-0.4, -0.2) is 22.0 Å². The number of nitro benzene ring substituents is 1. The first-order chi connectivity index (χ1) is 8.98. The van der Waals surface area contributed by atoms with E-state index in [1.165, 1.54) is 24.7 Å². The lowest BCUT2D eigenvalue weighted by molar-refractivity contribution is -0.385. The summed E-state index contributed by atoms with van der Waals surface area (Å²) in [5.74, 6) is 1.24. The second-order valence-electron chi connectivity index (χ2n) is 5.08. The third-order valence-electron chi connectivity index (χ3n) is 3.28. The average Bonchev–Trinajstić information content (AvgIpc) is 2.75. The SMILES string of the molecule is CC1(CNCc2cc(Br)cc([N+](=O)[O-])c2)CCCS1. The summed E-state index contributed by atoms with van der Waals surface area (Å²) in [4.78, 5) is 10.4. The van der Waals surface area contributed by atoms with E-state index in [0.29, 0.717) is 11.3 Å². The Bertz CT molecular complexity index is 476. The van der Waals surface area contributed by atoms with Crippen LogP contribution in [-0.2, 0) is 6.54 Å². The number of non-ortho nitro benzene ring substituents is 1. The molecule has 1 aliphatic heterocycles. The second kappa shape index (κ2) is 6.24. The van der Waals surface area contributed by atoms with Crippen molar-refractivity contribution in [3.8, 4) is 0 Å². The molecule has 0 saturated carbocycles. The number of hydrogen-bond donors (Lipinski definition) is 1. The molecular formula is C13H17BrN2O2S. The summed E-state index contributed by atoms with van der Waals surface area (Å²) in [5.41, 5.74) is 1.07. The van der Waals surface area contributed by atoms with Gasteiger partial charge in [-0.2, -0.15) is 11.8 Å². The normalized spacial score (nSPS) is 22.6. The number of halogens is 1. The summed E-state index contributed by atoms with van der Waals surface area (Å²) in [7, 11) is 0. The number of rotatable bonds is 5. The number of nitrogens with one attached hydrogen (secondary N) is 1. The zero-order valence-corrected chi connectivity index (χ0v) is 13.2. The van der Waals surface area contributed by atoms with Gasteiger partial charge in [-0.05, 0) is 37.1 Å². The first-order valence-electron chi connectivity index (χ1n) is 6.27. The van der Waals surface area contributed by atoms with Gasteiger partial charge in [-0.3, -0.25) is 10.1 Å². The van der Waals surface area contributed by atoms with Crippen molar-refractivity contribution in [3.05, 3.63) is 38.3 Å². The van der Waals surface area contributed by atoms with Gasteiger partial charge in [-0.25, -0.2) is 0 Å². The van der Waals surface area contributed by atoms with Crippen LogP contribution in [0.2, 0.25) is 0 Å². The highest BCUT2D eigenvalue weighted by Crippen LogP contribution is 2.37. The Morgan fingerprint density at radius 1 is 1.53 bits per heavy atom. The highest BCUT2D eigenvalue weighted by atomic mass is 79.9. The van der Waals surface area contributed by atoms with Crippen molar-refractivity contribution >= 4 is 33.4 Å². The maximum atomic E-state index is 10.8. The van der Waals surface area contributed by atoms with Crippen LogP contribution in [0.3, 0.4) is 0 Å². The maximum absolute atomic E-state index is 10.8. The standard InChI is InChI=1S/C13H17BrN2O2S/c1-13(3-2-4-19-13)9-15-8-10-5-11(14)7-12(6-10)16(17)18/h5-7,15H,2-4,8-9H2,1H3. The molecule has 0 radical (unpaired) electrons. The van der Waals surface area contributed by atoms with E-state index in [0.717, 1.165) is 16.6 Å². The van der Waals surface area contributed by atoms with Crippen LogP contribution in [0.25, 0.3) is 0 Å². The van der Waals surface area contributed by atoms with Gasteiger partial charge in [0.2, 0.25) is 0 Å². The Kier molecular flexibility index (Phi) is 4.86. The Morgan fingerprint density at radius 2 is 2.32 bits per heavy atom. The van der Waals surface area contributed by atoms with Crippen molar-refractivity contribution in [3.63, 3.8) is 0 Å². The lowest BCUT2D eigenvalue weighted by Crippen LogP contribution is -2.32. The molecule has 4 nitrogen and oxygen atoms in total. The van der Waals surface area contributed by atoms with Crippen molar-refractivity contribution < 1.29 is 4.92 Å². The number of benzene rings is 1. The van der Waals surface area contributed by atoms with E-state index in [-0.39, 0.29) is 10.6 Å². The zero-order valence-electron chi connectivity index (χ0n) is 10.8. The molecule has 6 heteroatoms. The van der Waals surface area contributed by atoms with Crippen molar-refractivity contribution in [2.24, 2.45) is 0 Å². The maximum Gasteiger partial charge on any atom is 0.270 e. The number of thioether (sulfide) groups is 1. The lowest BCUT2D eigenvalue weighted by atomic mass is 10.1. The van der Waals surface area contributed by atoms with Crippen LogP contribution >= 0.6 is 27.7 Å². The molecule has 1 N–H and O–H groups in total. The minimum Gasteiger partial charge on any atom is -0.311 e. The van der Waals surface area contributed by atoms with Gasteiger partial charge in [-0.1, -0.05) is 15.9 Å². The molecular weight excluding hydrogens is 328 g/mol. The molecule has 1 saturated heterocycles. The molecule has 0 spiro atoms. The van der Waals surface area contributed by atoms with Crippen LogP contribution in [0.1, 0.15) is 25.3 Å². The molecule has 0 amide bonds. The molecule has 1 unspecified atom stereocenters. The highest BCUT2D eigenvalue weighted by Gasteiger charge is 2.28. The van der Waals surface area contributed by atoms with Gasteiger partial charge in [0.05, 0.1) is 4.92 Å². The van der Waals surface area contributed by atoms with E-state index in [4.69, 9.17) is 0 Å². The van der Waals surface area contributed by atoms with Crippen LogP contribution in [0.4, 0.5) is 5.69 Å². The smallest absolute Gasteiger partial charge is 0.270 e. The zero-order chi connectivity index (χ0) is 13.9. The largest absolute Gasteiger partial charge is 0.311 e. The molecule has 1 aliphatic rings. The summed E-state index contributed by atoms with van der Waals surface area (Å²) >= 11 is 5.32. The van der Waals surface area contributed by atoms with Crippen LogP contribution in [0, 0.1) is 10.1 Å². The molecule has 1 aromatic carbocycles. The van der Waals surface area contributed by atoms with E-state index >= 15 is 0 Å². The van der Waals surface area contributed by atoms with E-state index in [1.807, 2.05) is 17.8 Å². The van der Waals surface area contributed by atoms with E-state index in [1.54, 1.807) is 6.07 Å². The minimum absolute atomic E-state index is 0.132. The highest BCUT2D eigenvalue weighted by molar-refractivity contribution is 9.10. The van der Waals surface area contributed by atoms with E-state index < -0.39 is 0 Å². The van der Waals surface area contributed by atoms with Crippen molar-refractivity contribution in [1.29, 1.82) is 0 Å². The third-order valence-corrected chi connectivity index (χ3v) is 5.28. The Labute approximate surface area is 125 Å². The van der Waals surface area contributed by atoms with Gasteiger partial charge < -0.3 is 5.32 Å². The molecule has 104 valence electrons. The van der Waals surface area contributed by atoms with Gasteiger partial charge in [0.25, 0.3) is 5.69 Å². The topological polar surface area (TPSA) is 55.2 Å². The summed E-state index contributed by atoms with van der Waals surface area (Å²) < 4.78 is 1.07. The first-order valence-corrected chi connectivity index (χ1v) is 8.05. The van der Waals surface area contributed by atoms with Gasteiger partial charge in [0.1, 0.15) is 0 Å². The van der Waals surface area contributed by atoms with Crippen molar-refractivity contribution in [2.45, 2.75) is 31.1 Å². The second-order valence-corrected chi connectivity index (χ2v) is 7.68. The Balaban J connectivity index is 1.94. The van der Waals surface area contributed by atoms with Crippen molar-refractivity contribution in [1.82, 2.24) is 5.32 Å². The van der Waals surface area contributed by atoms with Crippen molar-refractivity contribution in [2.75, 3.05) is 12.3 Å². The molecule has 1 aromatic rings. The predicted octanol–water partition coefficient (Wildman–Crippen LogP) is 3.73. The molecule has 0 aromatic heterocycles. The third kappa shape index (κ3) is 4.19. The molecule has 0 aliphatic carbocycles. The van der Waals surface area contributed by atoms with Crippen LogP contribution in [0.5, 0.6) is 0 Å². The fraction of sp³-hybridized carbons (Fsp3) is 0.538. The molecule has 2 rings (SSSR count). The number of nitro groups is 1. The predicted molar refractivity (Wildman–Crippen MR) is 82.6 cm³/mol. The van der Waals surface area contributed by atoms with Gasteiger partial charge >= 0.3 is 0 Å². The molecule has 1 fully saturated rings. The summed E-state index contributed by atoms with van der Waals surface area (Å²) in [6.45, 7) is 3.88. The van der Waals surface area contributed by atoms with Crippen LogP contribution < -0.4 is 5.32 Å². The molecule has 1 atom stereocenters. The van der Waals surface area contributed by atoms with Gasteiger partial charge in [0.15, 0.2) is 0 Å². The van der Waals surface area contributed by atoms with E-state index in [2.05, 4.69) is 28.2 Å². The minimum atomic E-state index is -0.359. The van der Waals surface area contributed by atoms with Gasteiger partial charge in [-0.15, -0.1) is 0 Å². The molecule has 19 heavy (non-hydrogen) atoms. The number of hydrogen-bond acceptors (Lipinski definition) is 4. The first kappa shape index (κ1) is 14.8. The number of nitrogens with zero attached hydrogens (tertiary/aromatic N) is 1. The summed E-state index contributed by atoms with van der Waals surface area (Å²) in [6, 6.07) is 5.07. The Morgan fingerprint density at radius 3 is 2.95 bits per heavy atom. The Hall–Kier alpha value is -0.590. The monoisotopic (exact) mass is 344 g/mol. The average molecular weight is 345 g/mol. The van der Waals surface area contributed by atoms with E-state index in [9.17, 15) is 10.1 Å². The van der Waals surface area contributed by atoms with Crippen LogP contribution in [0.15, 0.2) is 22.7 Å². The lowest BCUT2D eigenvalue weighted by Gasteiger charge is -2.23. The fourth-order valence-corrected chi connectivity index (χ4v) is 4.09. The van der Waals surface area contributed by atoms with Gasteiger partial charge in [0, 0.05) is 34.4 Å².